The summed E-state index contributed by atoms with van der Waals surface area (Å²) in [5, 5.41) is 3.43. The Morgan fingerprint density at radius 1 is 1.40 bits per heavy atom. The molecule has 2 saturated heterocycles. The van der Waals surface area contributed by atoms with Crippen LogP contribution in [0.2, 0.25) is 0 Å². The van der Waals surface area contributed by atoms with E-state index < -0.39 is 0 Å². The highest BCUT2D eigenvalue weighted by molar-refractivity contribution is 14.0. The van der Waals surface area contributed by atoms with Gasteiger partial charge in [0.05, 0.1) is 38.7 Å². The van der Waals surface area contributed by atoms with E-state index in [1.54, 1.807) is 0 Å². The monoisotopic (exact) mass is 463 g/mol. The molecule has 3 heterocycles. The second-order valence-electron chi connectivity index (χ2n) is 6.55. The van der Waals surface area contributed by atoms with Crippen LogP contribution < -0.4 is 5.32 Å². The third kappa shape index (κ3) is 5.55. The van der Waals surface area contributed by atoms with Gasteiger partial charge >= 0.3 is 0 Å². The number of nitrogens with zero attached hydrogens (tertiary/aromatic N) is 4. The number of rotatable bonds is 4. The number of hydrogen-bond donors (Lipinski definition) is 1. The summed E-state index contributed by atoms with van der Waals surface area (Å²) in [6.45, 7) is 9.91. The molecule has 0 amide bonds. The molecule has 0 radical (unpaired) electrons. The van der Waals surface area contributed by atoms with E-state index in [1.807, 2.05) is 12.5 Å². The van der Waals surface area contributed by atoms with E-state index in [1.165, 1.54) is 0 Å². The number of guanidine groups is 1. The maximum atomic E-state index is 5.70. The maximum absolute atomic E-state index is 5.70. The van der Waals surface area contributed by atoms with Crippen LogP contribution in [0.15, 0.2) is 23.7 Å². The number of imidazole rings is 1. The Balaban J connectivity index is 0.00000225. The molecular weight excluding hydrogens is 433 g/mol. The Hall–Kier alpha value is -0.870. The summed E-state index contributed by atoms with van der Waals surface area (Å²) in [4.78, 5) is 11.4. The second kappa shape index (κ2) is 10.3. The van der Waals surface area contributed by atoms with E-state index in [4.69, 9.17) is 14.5 Å². The van der Waals surface area contributed by atoms with E-state index in [0.717, 1.165) is 32.0 Å². The SMILES string of the molecule is CCNC(=NCC1COCCO1)N1CCC(C)C(n2ccnc2)C1.I. The van der Waals surface area contributed by atoms with Crippen LogP contribution in [-0.2, 0) is 9.47 Å². The number of halogens is 1. The summed E-state index contributed by atoms with van der Waals surface area (Å²) in [6.07, 6.45) is 7.05. The molecule has 3 rings (SSSR count). The quantitative estimate of drug-likeness (QED) is 0.419. The number of likely N-dealkylation sites (tertiary alicyclic amines) is 1. The normalized spacial score (nSPS) is 27.7. The molecule has 8 heteroatoms. The zero-order valence-corrected chi connectivity index (χ0v) is 17.5. The topological polar surface area (TPSA) is 63.9 Å². The first-order chi connectivity index (χ1) is 11.8. The minimum atomic E-state index is 0. The molecule has 1 aromatic heterocycles. The zero-order valence-electron chi connectivity index (χ0n) is 15.1. The van der Waals surface area contributed by atoms with Gasteiger partial charge in [0.1, 0.15) is 6.10 Å². The molecule has 142 valence electrons. The van der Waals surface area contributed by atoms with Crippen LogP contribution in [0.1, 0.15) is 26.3 Å². The van der Waals surface area contributed by atoms with Gasteiger partial charge in [0.25, 0.3) is 0 Å². The van der Waals surface area contributed by atoms with E-state index in [0.29, 0.717) is 38.3 Å². The van der Waals surface area contributed by atoms with Crippen LogP contribution >= 0.6 is 24.0 Å². The highest BCUT2D eigenvalue weighted by Crippen LogP contribution is 2.27. The fraction of sp³-hybridized carbons (Fsp3) is 0.765. The van der Waals surface area contributed by atoms with E-state index in [9.17, 15) is 0 Å². The fourth-order valence-corrected chi connectivity index (χ4v) is 3.35. The van der Waals surface area contributed by atoms with Crippen molar-refractivity contribution in [1.82, 2.24) is 19.8 Å². The molecular formula is C17H30IN5O2. The average molecular weight is 463 g/mol. The van der Waals surface area contributed by atoms with Crippen LogP contribution in [-0.4, -0.2) is 72.5 Å². The summed E-state index contributed by atoms with van der Waals surface area (Å²) in [6, 6.07) is 0.430. The molecule has 7 nitrogen and oxygen atoms in total. The van der Waals surface area contributed by atoms with Crippen molar-refractivity contribution >= 4 is 29.9 Å². The van der Waals surface area contributed by atoms with Gasteiger partial charge < -0.3 is 24.3 Å². The molecule has 25 heavy (non-hydrogen) atoms. The number of aromatic nitrogens is 2. The first-order valence-corrected chi connectivity index (χ1v) is 8.98. The van der Waals surface area contributed by atoms with Gasteiger partial charge in [0, 0.05) is 32.0 Å². The summed E-state index contributed by atoms with van der Waals surface area (Å²) in [5.74, 6) is 1.61. The van der Waals surface area contributed by atoms with Crippen molar-refractivity contribution < 1.29 is 9.47 Å². The first-order valence-electron chi connectivity index (χ1n) is 8.98. The molecule has 0 saturated carbocycles. The largest absolute Gasteiger partial charge is 0.376 e. The van der Waals surface area contributed by atoms with E-state index in [2.05, 4.69) is 39.8 Å². The van der Waals surface area contributed by atoms with Crippen LogP contribution in [0, 0.1) is 5.92 Å². The van der Waals surface area contributed by atoms with Gasteiger partial charge in [-0.2, -0.15) is 0 Å². The maximum Gasteiger partial charge on any atom is 0.194 e. The zero-order chi connectivity index (χ0) is 16.8. The smallest absolute Gasteiger partial charge is 0.194 e. The van der Waals surface area contributed by atoms with Crippen molar-refractivity contribution in [3.63, 3.8) is 0 Å². The Morgan fingerprint density at radius 2 is 2.28 bits per heavy atom. The average Bonchev–Trinajstić information content (AvgIpc) is 3.14. The van der Waals surface area contributed by atoms with Gasteiger partial charge in [-0.3, -0.25) is 4.99 Å². The molecule has 2 aliphatic heterocycles. The van der Waals surface area contributed by atoms with Crippen molar-refractivity contribution in [2.24, 2.45) is 10.9 Å². The summed E-state index contributed by atoms with van der Waals surface area (Å²) in [7, 11) is 0. The van der Waals surface area contributed by atoms with Crippen LogP contribution in [0.3, 0.4) is 0 Å². The molecule has 2 aliphatic rings. The number of piperidine rings is 1. The molecule has 2 fully saturated rings. The second-order valence-corrected chi connectivity index (χ2v) is 6.55. The van der Waals surface area contributed by atoms with Crippen molar-refractivity contribution in [2.75, 3.05) is 46.0 Å². The van der Waals surface area contributed by atoms with Crippen molar-refractivity contribution in [2.45, 2.75) is 32.4 Å². The third-order valence-electron chi connectivity index (χ3n) is 4.79. The molecule has 3 unspecified atom stereocenters. The van der Waals surface area contributed by atoms with Gasteiger partial charge in [-0.25, -0.2) is 4.98 Å². The van der Waals surface area contributed by atoms with Gasteiger partial charge in [-0.15, -0.1) is 24.0 Å². The highest BCUT2D eigenvalue weighted by Gasteiger charge is 2.29. The first kappa shape index (κ1) is 20.4. The van der Waals surface area contributed by atoms with Crippen LogP contribution in [0.5, 0.6) is 0 Å². The predicted octanol–water partition coefficient (Wildman–Crippen LogP) is 1.76. The lowest BCUT2D eigenvalue weighted by atomic mass is 9.93. The lowest BCUT2D eigenvalue weighted by Crippen LogP contribution is -2.49. The van der Waals surface area contributed by atoms with Crippen molar-refractivity contribution in [1.29, 1.82) is 0 Å². The van der Waals surface area contributed by atoms with Crippen molar-refractivity contribution in [3.8, 4) is 0 Å². The Labute approximate surface area is 167 Å². The van der Waals surface area contributed by atoms with Crippen LogP contribution in [0.4, 0.5) is 0 Å². The van der Waals surface area contributed by atoms with Gasteiger partial charge in [-0.1, -0.05) is 6.92 Å². The lowest BCUT2D eigenvalue weighted by Gasteiger charge is -2.39. The highest BCUT2D eigenvalue weighted by atomic mass is 127. The Morgan fingerprint density at radius 3 is 2.96 bits per heavy atom. The minimum absolute atomic E-state index is 0. The minimum Gasteiger partial charge on any atom is -0.376 e. The molecule has 0 aliphatic carbocycles. The van der Waals surface area contributed by atoms with E-state index >= 15 is 0 Å². The number of ether oxygens (including phenoxy) is 2. The Bertz CT molecular complexity index is 519. The summed E-state index contributed by atoms with van der Waals surface area (Å²) in [5.41, 5.74) is 0. The van der Waals surface area contributed by atoms with Gasteiger partial charge in [0.2, 0.25) is 0 Å². The lowest BCUT2D eigenvalue weighted by molar-refractivity contribution is -0.0833. The van der Waals surface area contributed by atoms with E-state index in [-0.39, 0.29) is 30.1 Å². The third-order valence-corrected chi connectivity index (χ3v) is 4.79. The summed E-state index contributed by atoms with van der Waals surface area (Å²) >= 11 is 0. The fourth-order valence-electron chi connectivity index (χ4n) is 3.35. The van der Waals surface area contributed by atoms with Crippen molar-refractivity contribution in [3.05, 3.63) is 18.7 Å². The molecule has 0 spiro atoms. The van der Waals surface area contributed by atoms with Gasteiger partial charge in [-0.05, 0) is 19.3 Å². The Kier molecular flexibility index (Phi) is 8.44. The standard InChI is InChI=1S/C17H29N5O2.HI/c1-3-19-17(20-10-15-12-23-8-9-24-15)21-6-4-14(2)16(11-21)22-7-5-18-13-22;/h5,7,13-16H,3-4,6,8-12H2,1-2H3,(H,19,20);1H. The number of hydrogen-bond acceptors (Lipinski definition) is 4. The molecule has 1 N–H and O–H groups in total. The predicted molar refractivity (Wildman–Crippen MR) is 109 cm³/mol. The summed E-state index contributed by atoms with van der Waals surface area (Å²) < 4.78 is 13.4. The number of nitrogens with one attached hydrogen (secondary N) is 1. The van der Waals surface area contributed by atoms with Crippen LogP contribution in [0.25, 0.3) is 0 Å². The molecule has 0 bridgehead atoms. The molecule has 0 aromatic carbocycles. The van der Waals surface area contributed by atoms with Gasteiger partial charge in [0.15, 0.2) is 5.96 Å². The molecule has 1 aromatic rings. The molecule has 3 atom stereocenters. The number of aliphatic imine (C=N–C) groups is 1.